The SMILES string of the molecule is COc1ccccc1C(CC(=O)O)CC(C)C. The Kier molecular flexibility index (Phi) is 5.01. The fraction of sp³-hybridized carbons (Fsp3) is 0.500. The fourth-order valence-electron chi connectivity index (χ4n) is 2.10. The number of carboxylic acid groups (broad SMARTS) is 1. The first-order chi connectivity index (χ1) is 8.04. The molecular weight excluding hydrogens is 216 g/mol. The van der Waals surface area contributed by atoms with Gasteiger partial charge in [-0.15, -0.1) is 0 Å². The highest BCUT2D eigenvalue weighted by Gasteiger charge is 2.20. The predicted octanol–water partition coefficient (Wildman–Crippen LogP) is 3.30. The van der Waals surface area contributed by atoms with Crippen LogP contribution in [0.25, 0.3) is 0 Å². The molecule has 3 nitrogen and oxygen atoms in total. The maximum atomic E-state index is 10.9. The van der Waals surface area contributed by atoms with E-state index >= 15 is 0 Å². The van der Waals surface area contributed by atoms with Crippen LogP contribution in [0.2, 0.25) is 0 Å². The van der Waals surface area contributed by atoms with Gasteiger partial charge in [0.15, 0.2) is 0 Å². The Balaban J connectivity index is 2.98. The first-order valence-corrected chi connectivity index (χ1v) is 5.89. The molecular formula is C14H20O3. The lowest BCUT2D eigenvalue weighted by molar-refractivity contribution is -0.137. The summed E-state index contributed by atoms with van der Waals surface area (Å²) >= 11 is 0. The molecule has 0 aromatic heterocycles. The molecule has 0 radical (unpaired) electrons. The van der Waals surface area contributed by atoms with Crippen molar-refractivity contribution >= 4 is 5.97 Å². The van der Waals surface area contributed by atoms with E-state index in [0.29, 0.717) is 5.92 Å². The Morgan fingerprint density at radius 2 is 2.00 bits per heavy atom. The fourth-order valence-corrected chi connectivity index (χ4v) is 2.10. The monoisotopic (exact) mass is 236 g/mol. The number of carboxylic acids is 1. The molecule has 17 heavy (non-hydrogen) atoms. The Labute approximate surface area is 102 Å². The van der Waals surface area contributed by atoms with Crippen molar-refractivity contribution in [3.63, 3.8) is 0 Å². The van der Waals surface area contributed by atoms with Crippen molar-refractivity contribution in [2.75, 3.05) is 7.11 Å². The number of benzene rings is 1. The maximum absolute atomic E-state index is 10.9. The molecule has 0 saturated carbocycles. The van der Waals surface area contributed by atoms with E-state index in [9.17, 15) is 4.79 Å². The second-order valence-electron chi connectivity index (χ2n) is 4.67. The first kappa shape index (κ1) is 13.6. The number of methoxy groups -OCH3 is 1. The molecule has 0 aliphatic heterocycles. The minimum Gasteiger partial charge on any atom is -0.496 e. The molecule has 0 fully saturated rings. The lowest BCUT2D eigenvalue weighted by Crippen LogP contribution is -2.10. The minimum atomic E-state index is -0.762. The normalized spacial score (nSPS) is 12.5. The van der Waals surface area contributed by atoms with Gasteiger partial charge in [0, 0.05) is 0 Å². The Morgan fingerprint density at radius 1 is 1.35 bits per heavy atom. The second-order valence-corrected chi connectivity index (χ2v) is 4.67. The zero-order valence-electron chi connectivity index (χ0n) is 10.6. The van der Waals surface area contributed by atoms with Gasteiger partial charge in [-0.25, -0.2) is 0 Å². The van der Waals surface area contributed by atoms with Gasteiger partial charge >= 0.3 is 5.97 Å². The Hall–Kier alpha value is -1.51. The summed E-state index contributed by atoms with van der Waals surface area (Å²) in [7, 11) is 1.62. The quantitative estimate of drug-likeness (QED) is 0.824. The number of aliphatic carboxylic acids is 1. The standard InChI is InChI=1S/C14H20O3/c1-10(2)8-11(9-14(15)16)12-6-4-5-7-13(12)17-3/h4-7,10-11H,8-9H2,1-3H3,(H,15,16). The van der Waals surface area contributed by atoms with Crippen molar-refractivity contribution < 1.29 is 14.6 Å². The van der Waals surface area contributed by atoms with E-state index in [4.69, 9.17) is 9.84 Å². The molecule has 1 aromatic rings. The highest BCUT2D eigenvalue weighted by Crippen LogP contribution is 2.33. The molecule has 1 atom stereocenters. The van der Waals surface area contributed by atoms with Gasteiger partial charge in [-0.1, -0.05) is 32.0 Å². The van der Waals surface area contributed by atoms with E-state index in [1.54, 1.807) is 7.11 Å². The molecule has 1 unspecified atom stereocenters. The number of rotatable bonds is 6. The molecule has 0 amide bonds. The van der Waals surface area contributed by atoms with Gasteiger partial charge in [0.1, 0.15) is 5.75 Å². The molecule has 0 bridgehead atoms. The predicted molar refractivity (Wildman–Crippen MR) is 67.4 cm³/mol. The van der Waals surface area contributed by atoms with Crippen LogP contribution in [0.3, 0.4) is 0 Å². The summed E-state index contributed by atoms with van der Waals surface area (Å²) in [5.74, 6) is 0.494. The van der Waals surface area contributed by atoms with Crippen LogP contribution in [0.5, 0.6) is 5.75 Å². The van der Waals surface area contributed by atoms with E-state index in [0.717, 1.165) is 17.7 Å². The highest BCUT2D eigenvalue weighted by molar-refractivity contribution is 5.68. The smallest absolute Gasteiger partial charge is 0.303 e. The lowest BCUT2D eigenvalue weighted by atomic mass is 9.87. The van der Waals surface area contributed by atoms with Crippen LogP contribution in [0.1, 0.15) is 38.2 Å². The summed E-state index contributed by atoms with van der Waals surface area (Å²) in [5, 5.41) is 8.98. The van der Waals surface area contributed by atoms with Gasteiger partial charge in [-0.2, -0.15) is 0 Å². The number of carbonyl (C=O) groups is 1. The van der Waals surface area contributed by atoms with E-state index in [1.807, 2.05) is 24.3 Å². The van der Waals surface area contributed by atoms with E-state index < -0.39 is 5.97 Å². The van der Waals surface area contributed by atoms with E-state index in [-0.39, 0.29) is 12.3 Å². The van der Waals surface area contributed by atoms with Crippen LogP contribution < -0.4 is 4.74 Å². The third kappa shape index (κ3) is 4.10. The van der Waals surface area contributed by atoms with Crippen molar-refractivity contribution in [1.82, 2.24) is 0 Å². The van der Waals surface area contributed by atoms with Gasteiger partial charge < -0.3 is 9.84 Å². The summed E-state index contributed by atoms with van der Waals surface area (Å²) < 4.78 is 5.30. The van der Waals surface area contributed by atoms with E-state index in [2.05, 4.69) is 13.8 Å². The molecule has 0 heterocycles. The summed E-state index contributed by atoms with van der Waals surface area (Å²) in [6.07, 6.45) is 1.01. The molecule has 1 aromatic carbocycles. The maximum Gasteiger partial charge on any atom is 0.303 e. The molecule has 1 rings (SSSR count). The van der Waals surface area contributed by atoms with Crippen LogP contribution in [-0.2, 0) is 4.79 Å². The third-order valence-corrected chi connectivity index (χ3v) is 2.76. The molecule has 1 N–H and O–H groups in total. The number of para-hydroxylation sites is 1. The zero-order chi connectivity index (χ0) is 12.8. The largest absolute Gasteiger partial charge is 0.496 e. The van der Waals surface area contributed by atoms with Crippen LogP contribution in [0, 0.1) is 5.92 Å². The Morgan fingerprint density at radius 3 is 2.53 bits per heavy atom. The van der Waals surface area contributed by atoms with E-state index in [1.165, 1.54) is 0 Å². The van der Waals surface area contributed by atoms with Crippen LogP contribution in [0.4, 0.5) is 0 Å². The second kappa shape index (κ2) is 6.28. The molecule has 0 aliphatic carbocycles. The van der Waals surface area contributed by atoms with Crippen LogP contribution >= 0.6 is 0 Å². The summed E-state index contributed by atoms with van der Waals surface area (Å²) in [5.41, 5.74) is 0.992. The summed E-state index contributed by atoms with van der Waals surface area (Å²) in [6, 6.07) is 7.65. The van der Waals surface area contributed by atoms with Gasteiger partial charge in [-0.3, -0.25) is 4.79 Å². The van der Waals surface area contributed by atoms with Gasteiger partial charge in [0.25, 0.3) is 0 Å². The average molecular weight is 236 g/mol. The molecule has 0 aliphatic rings. The highest BCUT2D eigenvalue weighted by atomic mass is 16.5. The first-order valence-electron chi connectivity index (χ1n) is 5.89. The molecule has 94 valence electrons. The minimum absolute atomic E-state index is 0.0173. The number of hydrogen-bond donors (Lipinski definition) is 1. The van der Waals surface area contributed by atoms with Crippen molar-refractivity contribution in [3.05, 3.63) is 29.8 Å². The zero-order valence-corrected chi connectivity index (χ0v) is 10.6. The topological polar surface area (TPSA) is 46.5 Å². The van der Waals surface area contributed by atoms with Crippen molar-refractivity contribution in [2.24, 2.45) is 5.92 Å². The van der Waals surface area contributed by atoms with Gasteiger partial charge in [-0.05, 0) is 29.9 Å². The number of ether oxygens (including phenoxy) is 1. The summed E-state index contributed by atoms with van der Waals surface area (Å²) in [6.45, 7) is 4.20. The van der Waals surface area contributed by atoms with Gasteiger partial charge in [0.05, 0.1) is 13.5 Å². The molecule has 0 spiro atoms. The third-order valence-electron chi connectivity index (χ3n) is 2.76. The average Bonchev–Trinajstić information content (AvgIpc) is 2.27. The Bertz CT molecular complexity index is 371. The van der Waals surface area contributed by atoms with Gasteiger partial charge in [0.2, 0.25) is 0 Å². The van der Waals surface area contributed by atoms with Crippen LogP contribution in [0.15, 0.2) is 24.3 Å². The van der Waals surface area contributed by atoms with Crippen molar-refractivity contribution in [1.29, 1.82) is 0 Å². The van der Waals surface area contributed by atoms with Crippen molar-refractivity contribution in [2.45, 2.75) is 32.6 Å². The molecule has 0 saturated heterocycles. The van der Waals surface area contributed by atoms with Crippen molar-refractivity contribution in [3.8, 4) is 5.75 Å². The molecule has 3 heteroatoms. The summed E-state index contributed by atoms with van der Waals surface area (Å²) in [4.78, 5) is 10.9. The number of hydrogen-bond acceptors (Lipinski definition) is 2. The van der Waals surface area contributed by atoms with Crippen LogP contribution in [-0.4, -0.2) is 18.2 Å². The lowest BCUT2D eigenvalue weighted by Gasteiger charge is -2.20.